The van der Waals surface area contributed by atoms with Crippen LogP contribution in [0, 0.1) is 17.0 Å². The zero-order chi connectivity index (χ0) is 13.5. The Labute approximate surface area is 115 Å². The highest BCUT2D eigenvalue weighted by atomic mass is 35.5. The van der Waals surface area contributed by atoms with Crippen LogP contribution in [0.4, 0.5) is 5.69 Å². The van der Waals surface area contributed by atoms with Crippen molar-refractivity contribution >= 4 is 28.9 Å². The summed E-state index contributed by atoms with van der Waals surface area (Å²) in [6.45, 7) is 2.08. The fraction of sp³-hybridized carbons (Fsp3) is 0.0769. The lowest BCUT2D eigenvalue weighted by molar-refractivity contribution is -0.384. The Kier molecular flexibility index (Phi) is 5.62. The monoisotopic (exact) mass is 283 g/mol. The smallest absolute Gasteiger partial charge is 0.258 e. The van der Waals surface area contributed by atoms with Gasteiger partial charge in [0.15, 0.2) is 0 Å². The molecule has 0 spiro atoms. The number of aryl methyl sites for hydroxylation is 1. The van der Waals surface area contributed by atoms with Crippen LogP contribution < -0.4 is 0 Å². The number of hydrogen-bond donors (Lipinski definition) is 0. The van der Waals surface area contributed by atoms with Crippen LogP contribution in [0.25, 0.3) is 0 Å². The normalized spacial score (nSPS) is 9.28. The molecule has 2 aromatic carbocycles. The van der Waals surface area contributed by atoms with Crippen LogP contribution in [0.15, 0.2) is 48.5 Å². The summed E-state index contributed by atoms with van der Waals surface area (Å²) in [5.74, 6) is 0. The molecule has 0 N–H and O–H groups in total. The molecule has 0 aliphatic carbocycles. The highest BCUT2D eigenvalue weighted by molar-refractivity contribution is 6.38. The van der Waals surface area contributed by atoms with E-state index in [2.05, 4.69) is 19.1 Å². The molecule has 0 aliphatic rings. The first-order valence-electron chi connectivity index (χ1n) is 5.12. The number of rotatable bonds is 1. The summed E-state index contributed by atoms with van der Waals surface area (Å²) in [6, 6.07) is 14.7. The number of para-hydroxylation sites is 1. The van der Waals surface area contributed by atoms with Crippen molar-refractivity contribution in [2.24, 2.45) is 0 Å². The molecule has 2 aromatic rings. The second-order valence-electron chi connectivity index (χ2n) is 3.48. The Morgan fingerprint density at radius 3 is 1.72 bits per heavy atom. The molecule has 18 heavy (non-hydrogen) atoms. The van der Waals surface area contributed by atoms with Gasteiger partial charge in [-0.2, -0.15) is 0 Å². The third kappa shape index (κ3) is 4.35. The van der Waals surface area contributed by atoms with Crippen LogP contribution in [0.1, 0.15) is 5.56 Å². The molecule has 0 saturated carbocycles. The Bertz CT molecular complexity index is 510. The van der Waals surface area contributed by atoms with E-state index in [1.165, 1.54) is 17.7 Å². The van der Waals surface area contributed by atoms with Gasteiger partial charge in [0.1, 0.15) is 10.0 Å². The van der Waals surface area contributed by atoms with Gasteiger partial charge in [-0.3, -0.25) is 10.1 Å². The van der Waals surface area contributed by atoms with Crippen molar-refractivity contribution in [2.75, 3.05) is 0 Å². The summed E-state index contributed by atoms with van der Waals surface area (Å²) in [6.07, 6.45) is 0. The fourth-order valence-electron chi connectivity index (χ4n) is 1.20. The molecular weight excluding hydrogens is 273 g/mol. The highest BCUT2D eigenvalue weighted by Crippen LogP contribution is 2.31. The van der Waals surface area contributed by atoms with Gasteiger partial charge >= 0.3 is 5.69 Å². The van der Waals surface area contributed by atoms with Crippen molar-refractivity contribution in [1.29, 1.82) is 0 Å². The van der Waals surface area contributed by atoms with Crippen LogP contribution >= 0.6 is 23.2 Å². The van der Waals surface area contributed by atoms with Gasteiger partial charge in [0.25, 0.3) is 0 Å². The zero-order valence-corrected chi connectivity index (χ0v) is 11.2. The van der Waals surface area contributed by atoms with Crippen molar-refractivity contribution in [3.05, 3.63) is 74.3 Å². The lowest BCUT2D eigenvalue weighted by atomic mass is 10.2. The first kappa shape index (κ1) is 14.5. The molecule has 0 aromatic heterocycles. The van der Waals surface area contributed by atoms with Gasteiger partial charge in [-0.25, -0.2) is 0 Å². The van der Waals surface area contributed by atoms with Gasteiger partial charge in [0.05, 0.1) is 4.92 Å². The topological polar surface area (TPSA) is 43.1 Å². The SMILES string of the molecule is Cc1ccccc1.O=[N+]([O-])c1c(Cl)cccc1Cl. The second-order valence-corrected chi connectivity index (χ2v) is 4.30. The number of halogens is 2. The van der Waals surface area contributed by atoms with E-state index in [0.717, 1.165) is 0 Å². The molecule has 0 amide bonds. The third-order valence-electron chi connectivity index (χ3n) is 2.06. The van der Waals surface area contributed by atoms with Crippen molar-refractivity contribution in [1.82, 2.24) is 0 Å². The predicted octanol–water partition coefficient (Wildman–Crippen LogP) is 4.90. The molecule has 0 unspecified atom stereocenters. The fourth-order valence-corrected chi connectivity index (χ4v) is 1.73. The minimum absolute atomic E-state index is 0.0579. The summed E-state index contributed by atoms with van der Waals surface area (Å²) >= 11 is 11.0. The number of hydrogen-bond acceptors (Lipinski definition) is 2. The maximum absolute atomic E-state index is 10.3. The average molecular weight is 284 g/mol. The van der Waals surface area contributed by atoms with Gasteiger partial charge in [-0.1, -0.05) is 65.2 Å². The molecule has 0 heterocycles. The highest BCUT2D eigenvalue weighted by Gasteiger charge is 2.15. The van der Waals surface area contributed by atoms with E-state index in [4.69, 9.17) is 23.2 Å². The standard InChI is InChI=1S/C7H8.C6H3Cl2NO2/c1-7-5-3-2-4-6-7;7-4-2-1-3-5(8)6(4)9(10)11/h2-6H,1H3;1-3H. The zero-order valence-electron chi connectivity index (χ0n) is 9.64. The largest absolute Gasteiger partial charge is 0.306 e. The van der Waals surface area contributed by atoms with Crippen LogP contribution in [-0.4, -0.2) is 4.92 Å². The molecule has 0 atom stereocenters. The van der Waals surface area contributed by atoms with E-state index in [9.17, 15) is 10.1 Å². The van der Waals surface area contributed by atoms with Crippen LogP contribution in [-0.2, 0) is 0 Å². The molecule has 0 fully saturated rings. The summed E-state index contributed by atoms with van der Waals surface area (Å²) in [7, 11) is 0. The number of nitro groups is 1. The van der Waals surface area contributed by atoms with Crippen molar-refractivity contribution < 1.29 is 4.92 Å². The second kappa shape index (κ2) is 6.99. The molecule has 94 valence electrons. The minimum Gasteiger partial charge on any atom is -0.258 e. The predicted molar refractivity (Wildman–Crippen MR) is 74.3 cm³/mol. The van der Waals surface area contributed by atoms with Crippen LogP contribution in [0.2, 0.25) is 10.0 Å². The molecule has 0 bridgehead atoms. The molecule has 5 heteroatoms. The number of nitrogens with zero attached hydrogens (tertiary/aromatic N) is 1. The Balaban J connectivity index is 0.000000199. The van der Waals surface area contributed by atoms with E-state index in [0.29, 0.717) is 0 Å². The van der Waals surface area contributed by atoms with Gasteiger partial charge in [0, 0.05) is 0 Å². The number of benzene rings is 2. The van der Waals surface area contributed by atoms with E-state index in [1.807, 2.05) is 18.2 Å². The lowest BCUT2D eigenvalue weighted by Gasteiger charge is -1.95. The summed E-state index contributed by atoms with van der Waals surface area (Å²) < 4.78 is 0. The van der Waals surface area contributed by atoms with Gasteiger partial charge in [-0.05, 0) is 19.1 Å². The van der Waals surface area contributed by atoms with Crippen molar-refractivity contribution in [2.45, 2.75) is 6.92 Å². The first-order valence-corrected chi connectivity index (χ1v) is 5.88. The minimum atomic E-state index is -0.606. The third-order valence-corrected chi connectivity index (χ3v) is 2.67. The molecule has 2 rings (SSSR count). The van der Waals surface area contributed by atoms with Gasteiger partial charge in [-0.15, -0.1) is 0 Å². The molecule has 0 saturated heterocycles. The van der Waals surface area contributed by atoms with E-state index in [1.54, 1.807) is 6.07 Å². The molecule has 0 aliphatic heterocycles. The Hall–Kier alpha value is -1.58. The maximum Gasteiger partial charge on any atom is 0.306 e. The summed E-state index contributed by atoms with van der Waals surface area (Å²) in [5.41, 5.74) is 1.08. The quantitative estimate of drug-likeness (QED) is 0.552. The summed E-state index contributed by atoms with van der Waals surface area (Å²) in [4.78, 5) is 9.67. The molecular formula is C13H11Cl2NO2. The maximum atomic E-state index is 10.3. The number of nitro benzene ring substituents is 1. The summed E-state index contributed by atoms with van der Waals surface area (Å²) in [5, 5.41) is 10.4. The lowest BCUT2D eigenvalue weighted by Crippen LogP contribution is -1.89. The van der Waals surface area contributed by atoms with Crippen molar-refractivity contribution in [3.8, 4) is 0 Å². The van der Waals surface area contributed by atoms with Crippen LogP contribution in [0.3, 0.4) is 0 Å². The van der Waals surface area contributed by atoms with Gasteiger partial charge < -0.3 is 0 Å². The Morgan fingerprint density at radius 2 is 1.44 bits per heavy atom. The first-order chi connectivity index (χ1) is 8.52. The van der Waals surface area contributed by atoms with Crippen molar-refractivity contribution in [3.63, 3.8) is 0 Å². The molecule has 0 radical (unpaired) electrons. The van der Waals surface area contributed by atoms with Crippen LogP contribution in [0.5, 0.6) is 0 Å². The van der Waals surface area contributed by atoms with E-state index in [-0.39, 0.29) is 15.7 Å². The van der Waals surface area contributed by atoms with E-state index >= 15 is 0 Å². The van der Waals surface area contributed by atoms with E-state index < -0.39 is 4.92 Å². The average Bonchev–Trinajstić information content (AvgIpc) is 2.30. The van der Waals surface area contributed by atoms with Gasteiger partial charge in [0.2, 0.25) is 0 Å². The Morgan fingerprint density at radius 1 is 0.944 bits per heavy atom. The molecule has 3 nitrogen and oxygen atoms in total.